The normalized spacial score (nSPS) is 13.3. The van der Waals surface area contributed by atoms with Crippen molar-refractivity contribution < 1.29 is 23.0 Å². The Kier molecular flexibility index (Phi) is 4.34. The number of benzene rings is 2. The lowest BCUT2D eigenvalue weighted by Crippen LogP contribution is -2.40. The summed E-state index contributed by atoms with van der Waals surface area (Å²) in [5, 5.41) is 0.0854. The van der Waals surface area contributed by atoms with Crippen molar-refractivity contribution in [1.29, 1.82) is 0 Å². The lowest BCUT2D eigenvalue weighted by Gasteiger charge is -2.29. The van der Waals surface area contributed by atoms with Gasteiger partial charge in [-0.1, -0.05) is 11.6 Å². The Morgan fingerprint density at radius 1 is 1.22 bits per heavy atom. The third-order valence-corrected chi connectivity index (χ3v) is 3.63. The van der Waals surface area contributed by atoms with Gasteiger partial charge in [-0.3, -0.25) is 4.79 Å². The SMILES string of the molecule is O=C(COc1ccc(F)cc1Cl)N1CCOc2cc(F)ccc21. The Balaban J connectivity index is 1.72. The highest BCUT2D eigenvalue weighted by atomic mass is 35.5. The smallest absolute Gasteiger partial charge is 0.265 e. The molecule has 0 unspecified atom stereocenters. The molecule has 23 heavy (non-hydrogen) atoms. The zero-order valence-corrected chi connectivity index (χ0v) is 12.6. The van der Waals surface area contributed by atoms with Crippen LogP contribution in [-0.4, -0.2) is 25.7 Å². The molecule has 2 aromatic carbocycles. The van der Waals surface area contributed by atoms with Gasteiger partial charge >= 0.3 is 0 Å². The van der Waals surface area contributed by atoms with Crippen molar-refractivity contribution in [3.8, 4) is 11.5 Å². The van der Waals surface area contributed by atoms with Crippen molar-refractivity contribution in [3.05, 3.63) is 53.1 Å². The van der Waals surface area contributed by atoms with E-state index in [1.54, 1.807) is 0 Å². The summed E-state index contributed by atoms with van der Waals surface area (Å²) in [7, 11) is 0. The van der Waals surface area contributed by atoms with Gasteiger partial charge in [0.05, 0.1) is 17.3 Å². The Hall–Kier alpha value is -2.34. The van der Waals surface area contributed by atoms with Gasteiger partial charge in [-0.25, -0.2) is 8.78 Å². The van der Waals surface area contributed by atoms with Crippen molar-refractivity contribution in [1.82, 2.24) is 0 Å². The number of halogens is 3. The molecular formula is C16H12ClF2NO3. The van der Waals surface area contributed by atoms with Crippen LogP contribution in [0.2, 0.25) is 5.02 Å². The Labute approximate surface area is 136 Å². The number of rotatable bonds is 3. The average molecular weight is 340 g/mol. The molecule has 0 radical (unpaired) electrons. The number of hydrogen-bond acceptors (Lipinski definition) is 3. The summed E-state index contributed by atoms with van der Waals surface area (Å²) in [5.74, 6) is -0.731. The van der Waals surface area contributed by atoms with Crippen LogP contribution in [0.4, 0.5) is 14.5 Å². The van der Waals surface area contributed by atoms with Gasteiger partial charge in [-0.05, 0) is 30.3 Å². The largest absolute Gasteiger partial charge is 0.489 e. The first-order valence-corrected chi connectivity index (χ1v) is 7.23. The first-order valence-electron chi connectivity index (χ1n) is 6.85. The van der Waals surface area contributed by atoms with Crippen molar-refractivity contribution in [2.75, 3.05) is 24.7 Å². The van der Waals surface area contributed by atoms with E-state index in [0.717, 1.165) is 6.07 Å². The number of carbonyl (C=O) groups excluding carboxylic acids is 1. The maximum Gasteiger partial charge on any atom is 0.265 e. The third-order valence-electron chi connectivity index (χ3n) is 3.33. The van der Waals surface area contributed by atoms with Crippen LogP contribution in [-0.2, 0) is 4.79 Å². The quantitative estimate of drug-likeness (QED) is 0.860. The van der Waals surface area contributed by atoms with E-state index in [-0.39, 0.29) is 29.9 Å². The van der Waals surface area contributed by atoms with Crippen molar-refractivity contribution in [2.24, 2.45) is 0 Å². The number of amides is 1. The second-order valence-electron chi connectivity index (χ2n) is 4.87. The number of carbonyl (C=O) groups is 1. The van der Waals surface area contributed by atoms with Gasteiger partial charge in [0.25, 0.3) is 5.91 Å². The molecule has 0 aromatic heterocycles. The van der Waals surface area contributed by atoms with Crippen molar-refractivity contribution in [2.45, 2.75) is 0 Å². The fourth-order valence-corrected chi connectivity index (χ4v) is 2.48. The summed E-state index contributed by atoms with van der Waals surface area (Å²) in [6.07, 6.45) is 0. The number of anilines is 1. The van der Waals surface area contributed by atoms with E-state index in [0.29, 0.717) is 18.0 Å². The summed E-state index contributed by atoms with van der Waals surface area (Å²) >= 11 is 5.85. The van der Waals surface area contributed by atoms with Gasteiger partial charge in [0.2, 0.25) is 0 Å². The summed E-state index contributed by atoms with van der Waals surface area (Å²) in [4.78, 5) is 13.8. The molecule has 1 amide bonds. The number of ether oxygens (including phenoxy) is 2. The van der Waals surface area contributed by atoms with E-state index < -0.39 is 11.6 Å². The molecule has 2 aromatic rings. The first-order chi connectivity index (χ1) is 11.0. The fourth-order valence-electron chi connectivity index (χ4n) is 2.26. The molecule has 0 bridgehead atoms. The van der Waals surface area contributed by atoms with E-state index in [1.165, 1.54) is 35.2 Å². The molecule has 0 fully saturated rings. The molecular weight excluding hydrogens is 328 g/mol. The Bertz CT molecular complexity index is 754. The predicted molar refractivity (Wildman–Crippen MR) is 81.2 cm³/mol. The second-order valence-corrected chi connectivity index (χ2v) is 5.28. The Morgan fingerprint density at radius 3 is 2.74 bits per heavy atom. The van der Waals surface area contributed by atoms with Gasteiger partial charge in [0.1, 0.15) is 29.7 Å². The molecule has 0 aliphatic carbocycles. The van der Waals surface area contributed by atoms with Gasteiger partial charge in [-0.15, -0.1) is 0 Å². The lowest BCUT2D eigenvalue weighted by molar-refractivity contribution is -0.120. The Morgan fingerprint density at radius 2 is 1.96 bits per heavy atom. The molecule has 0 saturated heterocycles. The molecule has 1 aliphatic heterocycles. The number of hydrogen-bond donors (Lipinski definition) is 0. The molecule has 120 valence electrons. The maximum absolute atomic E-state index is 13.2. The van der Waals surface area contributed by atoms with Crippen LogP contribution in [0.1, 0.15) is 0 Å². The van der Waals surface area contributed by atoms with E-state index >= 15 is 0 Å². The van der Waals surface area contributed by atoms with Crippen LogP contribution in [0.25, 0.3) is 0 Å². The molecule has 0 atom stereocenters. The highest BCUT2D eigenvalue weighted by molar-refractivity contribution is 6.32. The molecule has 3 rings (SSSR count). The van der Waals surface area contributed by atoms with Crippen LogP contribution >= 0.6 is 11.6 Å². The number of nitrogens with zero attached hydrogens (tertiary/aromatic N) is 1. The zero-order valence-electron chi connectivity index (χ0n) is 11.9. The molecule has 7 heteroatoms. The standard InChI is InChI=1S/C16H12ClF2NO3/c17-12-7-10(18)2-4-14(12)23-9-16(21)20-5-6-22-15-8-11(19)1-3-13(15)20/h1-4,7-8H,5-6,9H2. The summed E-state index contributed by atoms with van der Waals surface area (Å²) in [5.41, 5.74) is 0.483. The second kappa shape index (κ2) is 6.42. The molecule has 0 N–H and O–H groups in total. The predicted octanol–water partition coefficient (Wildman–Crippen LogP) is 3.42. The van der Waals surface area contributed by atoms with Gasteiger partial charge < -0.3 is 14.4 Å². The highest BCUT2D eigenvalue weighted by Gasteiger charge is 2.24. The minimum atomic E-state index is -0.488. The topological polar surface area (TPSA) is 38.8 Å². The molecule has 1 aliphatic rings. The maximum atomic E-state index is 13.2. The van der Waals surface area contributed by atoms with Crippen LogP contribution in [0.5, 0.6) is 11.5 Å². The van der Waals surface area contributed by atoms with E-state index in [1.807, 2.05) is 0 Å². The van der Waals surface area contributed by atoms with Crippen molar-refractivity contribution in [3.63, 3.8) is 0 Å². The minimum Gasteiger partial charge on any atom is -0.489 e. The third kappa shape index (κ3) is 3.37. The van der Waals surface area contributed by atoms with Crippen LogP contribution in [0.3, 0.4) is 0 Å². The first kappa shape index (κ1) is 15.6. The molecule has 4 nitrogen and oxygen atoms in total. The lowest BCUT2D eigenvalue weighted by atomic mass is 10.2. The summed E-state index contributed by atoms with van der Waals surface area (Å²) in [6.45, 7) is 0.319. The van der Waals surface area contributed by atoms with Gasteiger partial charge in [-0.2, -0.15) is 0 Å². The monoisotopic (exact) mass is 339 g/mol. The van der Waals surface area contributed by atoms with Gasteiger partial charge in [0.15, 0.2) is 6.61 Å². The van der Waals surface area contributed by atoms with E-state index in [9.17, 15) is 13.6 Å². The highest BCUT2D eigenvalue weighted by Crippen LogP contribution is 2.32. The summed E-state index contributed by atoms with van der Waals surface area (Å²) in [6, 6.07) is 7.62. The van der Waals surface area contributed by atoms with Gasteiger partial charge in [0, 0.05) is 6.07 Å². The zero-order chi connectivity index (χ0) is 16.4. The van der Waals surface area contributed by atoms with Crippen LogP contribution in [0.15, 0.2) is 36.4 Å². The molecule has 0 spiro atoms. The number of fused-ring (bicyclic) bond motifs is 1. The molecule has 0 saturated carbocycles. The van der Waals surface area contributed by atoms with E-state index in [2.05, 4.69) is 0 Å². The average Bonchev–Trinajstić information content (AvgIpc) is 2.53. The minimum absolute atomic E-state index is 0.0854. The van der Waals surface area contributed by atoms with Crippen molar-refractivity contribution >= 4 is 23.2 Å². The summed E-state index contributed by atoms with van der Waals surface area (Å²) < 4.78 is 36.9. The van der Waals surface area contributed by atoms with E-state index in [4.69, 9.17) is 21.1 Å². The van der Waals surface area contributed by atoms with Crippen LogP contribution in [0, 0.1) is 11.6 Å². The molecule has 1 heterocycles. The fraction of sp³-hybridized carbons (Fsp3) is 0.188. The van der Waals surface area contributed by atoms with Crippen LogP contribution < -0.4 is 14.4 Å².